The van der Waals surface area contributed by atoms with Crippen molar-refractivity contribution < 1.29 is 19.7 Å². The highest BCUT2D eigenvalue weighted by molar-refractivity contribution is 5.59. The molecule has 1 fully saturated rings. The maximum absolute atomic E-state index is 12.1. The van der Waals surface area contributed by atoms with Crippen LogP contribution in [0.3, 0.4) is 0 Å². The zero-order chi connectivity index (χ0) is 18.9. The van der Waals surface area contributed by atoms with E-state index in [9.17, 15) is 10.2 Å². The van der Waals surface area contributed by atoms with E-state index in [1.807, 2.05) is 44.2 Å². The van der Waals surface area contributed by atoms with Crippen LogP contribution in [0.25, 0.3) is 0 Å². The number of aryl methyl sites for hydroxylation is 1. The molecule has 0 spiro atoms. The predicted octanol–water partition coefficient (Wildman–Crippen LogP) is 4.11. The van der Waals surface area contributed by atoms with E-state index in [1.165, 1.54) is 0 Å². The van der Waals surface area contributed by atoms with Crippen LogP contribution in [0.1, 0.15) is 37.5 Å². The number of hydrogen-bond donors (Lipinski definition) is 2. The van der Waals surface area contributed by atoms with E-state index in [0.717, 1.165) is 16.9 Å². The molecule has 2 aromatic rings. The van der Waals surface area contributed by atoms with Gasteiger partial charge in [0.15, 0.2) is 5.60 Å². The van der Waals surface area contributed by atoms with Crippen LogP contribution < -0.4 is 9.47 Å². The van der Waals surface area contributed by atoms with Crippen LogP contribution in [-0.2, 0) is 11.2 Å². The lowest BCUT2D eigenvalue weighted by molar-refractivity contribution is -0.133. The fourth-order valence-corrected chi connectivity index (χ4v) is 5.21. The summed E-state index contributed by atoms with van der Waals surface area (Å²) in [5, 5.41) is 22.8. The van der Waals surface area contributed by atoms with Crippen molar-refractivity contribution in [2.24, 2.45) is 17.8 Å². The molecule has 2 N–H and O–H groups in total. The Morgan fingerprint density at radius 3 is 2.31 bits per heavy atom. The second kappa shape index (κ2) is 5.40. The molecule has 0 bridgehead atoms. The number of benzene rings is 2. The van der Waals surface area contributed by atoms with Crippen LogP contribution >= 0.6 is 0 Å². The zero-order valence-electron chi connectivity index (χ0n) is 15.9. The Balaban J connectivity index is 2.01. The molecule has 26 heavy (non-hydrogen) atoms. The van der Waals surface area contributed by atoms with E-state index in [1.54, 1.807) is 13.2 Å². The highest BCUT2D eigenvalue weighted by Gasteiger charge is 2.73. The van der Waals surface area contributed by atoms with Gasteiger partial charge in [0.05, 0.1) is 12.7 Å². The summed E-state index contributed by atoms with van der Waals surface area (Å²) >= 11 is 0. The molecule has 2 aromatic carbocycles. The van der Waals surface area contributed by atoms with Crippen molar-refractivity contribution >= 4 is 0 Å². The molecule has 0 amide bonds. The lowest BCUT2D eigenvalue weighted by atomic mass is 9.71. The summed E-state index contributed by atoms with van der Waals surface area (Å²) in [5.74, 6) is 1.64. The molecular weight excluding hydrogens is 328 g/mol. The van der Waals surface area contributed by atoms with Crippen molar-refractivity contribution in [3.05, 3.63) is 53.1 Å². The molecule has 4 heteroatoms. The summed E-state index contributed by atoms with van der Waals surface area (Å²) in [6, 6.07) is 11.3. The molecule has 1 aliphatic carbocycles. The Bertz CT molecular complexity index is 859. The first-order valence-electron chi connectivity index (χ1n) is 9.17. The number of methoxy groups -OCH3 is 1. The highest BCUT2D eigenvalue weighted by Crippen LogP contribution is 2.69. The molecule has 0 aromatic heterocycles. The third kappa shape index (κ3) is 1.83. The lowest BCUT2D eigenvalue weighted by Gasteiger charge is -2.40. The third-order valence-electron chi connectivity index (χ3n) is 6.84. The number of rotatable bonds is 2. The molecule has 2 aliphatic rings. The molecule has 4 nitrogen and oxygen atoms in total. The minimum atomic E-state index is -1.30. The van der Waals surface area contributed by atoms with Crippen LogP contribution in [0.2, 0.25) is 0 Å². The summed E-state index contributed by atoms with van der Waals surface area (Å²) in [4.78, 5) is 0. The molecule has 5 unspecified atom stereocenters. The molecule has 0 radical (unpaired) electrons. The molecular formula is C22H26O4. The summed E-state index contributed by atoms with van der Waals surface area (Å²) in [6.07, 6.45) is 0. The van der Waals surface area contributed by atoms with Crippen LogP contribution in [0.15, 0.2) is 36.4 Å². The molecule has 0 saturated heterocycles. The maximum atomic E-state index is 12.1. The number of hydrogen-bond acceptors (Lipinski definition) is 4. The highest BCUT2D eigenvalue weighted by atomic mass is 16.5. The van der Waals surface area contributed by atoms with E-state index < -0.39 is 11.2 Å². The summed E-state index contributed by atoms with van der Waals surface area (Å²) < 4.78 is 11.8. The minimum absolute atomic E-state index is 0.0583. The van der Waals surface area contributed by atoms with Gasteiger partial charge < -0.3 is 19.7 Å². The number of fused-ring (bicyclic) bond motifs is 3. The van der Waals surface area contributed by atoms with Crippen LogP contribution in [0.5, 0.6) is 17.2 Å². The standard InChI is InChI=1S/C22H26O4/c1-12-10-18(23)20-19(11-12)26-22(16-6-8-17(25-5)9-7-16)15(4)13(2)14(3)21(20,22)24/h6-11,13-15,23-24H,1-5H3. The average Bonchev–Trinajstić information content (AvgIpc) is 2.96. The van der Waals surface area contributed by atoms with Crippen molar-refractivity contribution in [2.45, 2.75) is 38.9 Å². The first kappa shape index (κ1) is 17.2. The maximum Gasteiger partial charge on any atom is 0.170 e. The topological polar surface area (TPSA) is 58.9 Å². The number of aliphatic hydroxyl groups is 1. The van der Waals surface area contributed by atoms with Gasteiger partial charge in [-0.15, -0.1) is 0 Å². The van der Waals surface area contributed by atoms with Gasteiger partial charge >= 0.3 is 0 Å². The number of phenols is 1. The average molecular weight is 354 g/mol. The Morgan fingerprint density at radius 1 is 1.04 bits per heavy atom. The molecule has 1 saturated carbocycles. The monoisotopic (exact) mass is 354 g/mol. The second-order valence-electron chi connectivity index (χ2n) is 7.93. The molecule has 5 atom stereocenters. The fourth-order valence-electron chi connectivity index (χ4n) is 5.21. The Morgan fingerprint density at radius 2 is 1.69 bits per heavy atom. The van der Waals surface area contributed by atoms with Gasteiger partial charge in [0.2, 0.25) is 0 Å². The first-order chi connectivity index (χ1) is 12.3. The van der Waals surface area contributed by atoms with E-state index in [4.69, 9.17) is 9.47 Å². The normalized spacial score (nSPS) is 34.9. The second-order valence-corrected chi connectivity index (χ2v) is 7.93. The zero-order valence-corrected chi connectivity index (χ0v) is 15.9. The van der Waals surface area contributed by atoms with Crippen LogP contribution in [0, 0.1) is 24.7 Å². The van der Waals surface area contributed by atoms with E-state index in [2.05, 4.69) is 13.8 Å². The Labute approximate surface area is 154 Å². The smallest absolute Gasteiger partial charge is 0.170 e. The quantitative estimate of drug-likeness (QED) is 0.852. The predicted molar refractivity (Wildman–Crippen MR) is 99.5 cm³/mol. The number of ether oxygens (including phenoxy) is 2. The van der Waals surface area contributed by atoms with E-state index in [-0.39, 0.29) is 23.5 Å². The van der Waals surface area contributed by atoms with Crippen molar-refractivity contribution in [3.63, 3.8) is 0 Å². The first-order valence-corrected chi connectivity index (χ1v) is 9.17. The fraction of sp³-hybridized carbons (Fsp3) is 0.455. The van der Waals surface area contributed by atoms with Gasteiger partial charge in [-0.3, -0.25) is 0 Å². The Hall–Kier alpha value is -2.20. The van der Waals surface area contributed by atoms with Crippen LogP contribution in [0.4, 0.5) is 0 Å². The summed E-state index contributed by atoms with van der Waals surface area (Å²) in [6.45, 7) is 8.23. The van der Waals surface area contributed by atoms with Crippen molar-refractivity contribution in [1.29, 1.82) is 0 Å². The van der Waals surface area contributed by atoms with Crippen molar-refractivity contribution in [1.82, 2.24) is 0 Å². The molecule has 138 valence electrons. The SMILES string of the molecule is COc1ccc(C23Oc4cc(C)cc(O)c4C2(O)C(C)C(C)C3C)cc1. The van der Waals surface area contributed by atoms with Gasteiger partial charge in [-0.25, -0.2) is 0 Å². The molecule has 1 heterocycles. The minimum Gasteiger partial charge on any atom is -0.507 e. The van der Waals surface area contributed by atoms with Gasteiger partial charge in [0.1, 0.15) is 22.8 Å². The summed E-state index contributed by atoms with van der Waals surface area (Å²) in [5.41, 5.74) is 0.0858. The summed E-state index contributed by atoms with van der Waals surface area (Å²) in [7, 11) is 1.63. The van der Waals surface area contributed by atoms with Gasteiger partial charge in [0.25, 0.3) is 0 Å². The third-order valence-corrected chi connectivity index (χ3v) is 6.84. The van der Waals surface area contributed by atoms with Gasteiger partial charge in [-0.05, 0) is 54.2 Å². The number of aromatic hydroxyl groups is 1. The molecule has 4 rings (SSSR count). The van der Waals surface area contributed by atoms with Gasteiger partial charge in [-0.1, -0.05) is 32.9 Å². The van der Waals surface area contributed by atoms with Gasteiger partial charge in [-0.2, -0.15) is 0 Å². The van der Waals surface area contributed by atoms with E-state index >= 15 is 0 Å². The lowest BCUT2D eigenvalue weighted by Crippen LogP contribution is -2.50. The van der Waals surface area contributed by atoms with E-state index in [0.29, 0.717) is 11.3 Å². The van der Waals surface area contributed by atoms with Crippen molar-refractivity contribution in [2.75, 3.05) is 7.11 Å². The molecule has 1 aliphatic heterocycles. The number of phenolic OH excluding ortho intramolecular Hbond substituents is 1. The van der Waals surface area contributed by atoms with Crippen LogP contribution in [-0.4, -0.2) is 17.3 Å². The Kier molecular flexibility index (Phi) is 3.58. The van der Waals surface area contributed by atoms with Gasteiger partial charge in [0, 0.05) is 5.92 Å². The largest absolute Gasteiger partial charge is 0.507 e. The van der Waals surface area contributed by atoms with Crippen molar-refractivity contribution in [3.8, 4) is 17.2 Å².